The molecule has 4 rings (SSSR count). The number of aromatic amines is 1. The van der Waals surface area contributed by atoms with E-state index in [1.807, 2.05) is 24.3 Å². The normalized spacial score (nSPS) is 17.2. The van der Waals surface area contributed by atoms with Gasteiger partial charge in [0.2, 0.25) is 11.8 Å². The van der Waals surface area contributed by atoms with Crippen LogP contribution in [0.25, 0.3) is 10.9 Å². The van der Waals surface area contributed by atoms with Crippen molar-refractivity contribution in [1.82, 2.24) is 10.2 Å². The molecule has 0 aliphatic carbocycles. The number of aromatic nitrogens is 2. The number of hydrogen-bond acceptors (Lipinski definition) is 3. The average molecular weight is 355 g/mol. The van der Waals surface area contributed by atoms with Crippen molar-refractivity contribution in [3.05, 3.63) is 53.6 Å². The van der Waals surface area contributed by atoms with Gasteiger partial charge in [0.1, 0.15) is 0 Å². The summed E-state index contributed by atoms with van der Waals surface area (Å²) >= 11 is 5.93. The summed E-state index contributed by atoms with van der Waals surface area (Å²) in [5.74, 6) is -0.165. The Morgan fingerprint density at radius 2 is 2.08 bits per heavy atom. The van der Waals surface area contributed by atoms with E-state index in [-0.39, 0.29) is 18.2 Å². The van der Waals surface area contributed by atoms with Gasteiger partial charge >= 0.3 is 0 Å². The van der Waals surface area contributed by atoms with Crippen LogP contribution < -0.4 is 10.2 Å². The fourth-order valence-corrected chi connectivity index (χ4v) is 3.24. The van der Waals surface area contributed by atoms with Crippen molar-refractivity contribution in [3.63, 3.8) is 0 Å². The first-order valence-electron chi connectivity index (χ1n) is 7.92. The van der Waals surface area contributed by atoms with E-state index in [1.165, 1.54) is 0 Å². The second kappa shape index (κ2) is 6.22. The van der Waals surface area contributed by atoms with E-state index in [9.17, 15) is 9.59 Å². The zero-order valence-electron chi connectivity index (χ0n) is 13.2. The first-order valence-corrected chi connectivity index (χ1v) is 8.29. The second-order valence-corrected chi connectivity index (χ2v) is 6.43. The van der Waals surface area contributed by atoms with E-state index < -0.39 is 5.92 Å². The molecule has 0 saturated carbocycles. The molecule has 0 spiro atoms. The highest BCUT2D eigenvalue weighted by atomic mass is 35.5. The number of para-hydroxylation sites is 1. The third-order valence-electron chi connectivity index (χ3n) is 4.29. The molecule has 1 saturated heterocycles. The van der Waals surface area contributed by atoms with Crippen molar-refractivity contribution in [3.8, 4) is 0 Å². The molecule has 0 unspecified atom stereocenters. The zero-order chi connectivity index (χ0) is 17.4. The van der Waals surface area contributed by atoms with Gasteiger partial charge in [0.15, 0.2) is 5.82 Å². The molecule has 2 N–H and O–H groups in total. The lowest BCUT2D eigenvalue weighted by Gasteiger charge is -2.14. The molecule has 6 nitrogen and oxygen atoms in total. The van der Waals surface area contributed by atoms with E-state index in [2.05, 4.69) is 15.5 Å². The number of rotatable bonds is 3. The number of amides is 2. The highest BCUT2D eigenvalue weighted by Gasteiger charge is 2.36. The molecule has 25 heavy (non-hydrogen) atoms. The molecule has 1 aliphatic heterocycles. The number of fused-ring (bicyclic) bond motifs is 1. The maximum absolute atomic E-state index is 12.5. The monoisotopic (exact) mass is 354 g/mol. The van der Waals surface area contributed by atoms with Gasteiger partial charge in [-0.1, -0.05) is 29.8 Å². The highest BCUT2D eigenvalue weighted by molar-refractivity contribution is 6.30. The van der Waals surface area contributed by atoms with Crippen LogP contribution in [0.15, 0.2) is 48.5 Å². The van der Waals surface area contributed by atoms with Crippen LogP contribution in [0.3, 0.4) is 0 Å². The minimum absolute atomic E-state index is 0.108. The summed E-state index contributed by atoms with van der Waals surface area (Å²) < 4.78 is 0. The summed E-state index contributed by atoms with van der Waals surface area (Å²) in [4.78, 5) is 26.5. The van der Waals surface area contributed by atoms with Crippen LogP contribution in [0.1, 0.15) is 6.42 Å². The van der Waals surface area contributed by atoms with Crippen molar-refractivity contribution in [2.75, 3.05) is 16.8 Å². The highest BCUT2D eigenvalue weighted by Crippen LogP contribution is 2.30. The van der Waals surface area contributed by atoms with Gasteiger partial charge in [-0.3, -0.25) is 19.6 Å². The quantitative estimate of drug-likeness (QED) is 0.758. The Hall–Kier alpha value is -2.86. The maximum Gasteiger partial charge on any atom is 0.229 e. The van der Waals surface area contributed by atoms with Gasteiger partial charge in [-0.05, 0) is 30.3 Å². The first-order chi connectivity index (χ1) is 12.1. The lowest BCUT2D eigenvalue weighted by atomic mass is 10.1. The van der Waals surface area contributed by atoms with E-state index >= 15 is 0 Å². The molecule has 7 heteroatoms. The predicted octanol–water partition coefficient (Wildman–Crippen LogP) is 3.21. The molecule has 1 fully saturated rings. The Morgan fingerprint density at radius 3 is 2.92 bits per heavy atom. The predicted molar refractivity (Wildman–Crippen MR) is 96.6 cm³/mol. The zero-order valence-corrected chi connectivity index (χ0v) is 14.0. The third-order valence-corrected chi connectivity index (χ3v) is 4.53. The van der Waals surface area contributed by atoms with Crippen LogP contribution in [0.4, 0.5) is 11.5 Å². The summed E-state index contributed by atoms with van der Waals surface area (Å²) in [6, 6.07) is 14.5. The number of carbonyl (C=O) groups is 2. The van der Waals surface area contributed by atoms with Crippen LogP contribution >= 0.6 is 11.6 Å². The molecule has 126 valence electrons. The van der Waals surface area contributed by atoms with Crippen molar-refractivity contribution in [2.24, 2.45) is 5.92 Å². The van der Waals surface area contributed by atoms with Crippen molar-refractivity contribution >= 4 is 45.8 Å². The van der Waals surface area contributed by atoms with Crippen molar-refractivity contribution in [2.45, 2.75) is 6.42 Å². The van der Waals surface area contributed by atoms with Gasteiger partial charge in [0.25, 0.3) is 0 Å². The molecule has 0 radical (unpaired) electrons. The van der Waals surface area contributed by atoms with Gasteiger partial charge in [0.05, 0.1) is 11.4 Å². The Morgan fingerprint density at radius 1 is 1.24 bits per heavy atom. The van der Waals surface area contributed by atoms with Crippen molar-refractivity contribution < 1.29 is 9.59 Å². The van der Waals surface area contributed by atoms with Gasteiger partial charge in [0, 0.05) is 29.1 Å². The summed E-state index contributed by atoms with van der Waals surface area (Å²) in [5, 5.41) is 11.4. The molecule has 1 aliphatic rings. The number of benzene rings is 2. The third kappa shape index (κ3) is 2.96. The van der Waals surface area contributed by atoms with Crippen LogP contribution in [0.5, 0.6) is 0 Å². The maximum atomic E-state index is 12.5. The molecular formula is C18H15ClN4O2. The Kier molecular flexibility index (Phi) is 3.89. The fraction of sp³-hybridized carbons (Fsp3) is 0.167. The SMILES string of the molecule is O=C(Nc1cccc(Cl)c1)[C@H]1CC(=O)N(c2n[nH]c3ccccc23)C1. The Labute approximate surface area is 148 Å². The molecule has 3 aromatic rings. The fourth-order valence-electron chi connectivity index (χ4n) is 3.05. The van der Waals surface area contributed by atoms with Gasteiger partial charge in [-0.2, -0.15) is 5.10 Å². The van der Waals surface area contributed by atoms with Crippen LogP contribution in [-0.2, 0) is 9.59 Å². The smallest absolute Gasteiger partial charge is 0.229 e. The molecule has 1 atom stereocenters. The first kappa shape index (κ1) is 15.7. The van der Waals surface area contributed by atoms with Crippen LogP contribution in [0.2, 0.25) is 5.02 Å². The molecule has 1 aromatic heterocycles. The number of H-pyrrole nitrogens is 1. The molecule has 2 heterocycles. The van der Waals surface area contributed by atoms with Crippen molar-refractivity contribution in [1.29, 1.82) is 0 Å². The topological polar surface area (TPSA) is 78.1 Å². The standard InChI is InChI=1S/C18H15ClN4O2/c19-12-4-3-5-13(9-12)20-18(25)11-8-16(24)23(10-11)17-14-6-1-2-7-15(14)21-22-17/h1-7,9,11H,8,10H2,(H,20,25)(H,21,22)/t11-/m0/s1. The lowest BCUT2D eigenvalue weighted by molar-refractivity contribution is -0.122. The lowest BCUT2D eigenvalue weighted by Crippen LogP contribution is -2.28. The number of nitrogens with one attached hydrogen (secondary N) is 2. The number of nitrogens with zero attached hydrogens (tertiary/aromatic N) is 2. The Balaban J connectivity index is 1.53. The minimum Gasteiger partial charge on any atom is -0.326 e. The second-order valence-electron chi connectivity index (χ2n) is 6.00. The molecule has 2 aromatic carbocycles. The van der Waals surface area contributed by atoms with Gasteiger partial charge < -0.3 is 5.32 Å². The summed E-state index contributed by atoms with van der Waals surface area (Å²) in [7, 11) is 0. The number of halogens is 1. The molecule has 0 bridgehead atoms. The van der Waals surface area contributed by atoms with Gasteiger partial charge in [-0.25, -0.2) is 0 Å². The number of hydrogen-bond donors (Lipinski definition) is 2. The molecule has 2 amide bonds. The van der Waals surface area contributed by atoms with Crippen LogP contribution in [0, 0.1) is 5.92 Å². The minimum atomic E-state index is -0.429. The van der Waals surface area contributed by atoms with E-state index in [1.54, 1.807) is 29.2 Å². The number of anilines is 2. The van der Waals surface area contributed by atoms with E-state index in [0.29, 0.717) is 23.1 Å². The van der Waals surface area contributed by atoms with E-state index in [4.69, 9.17) is 11.6 Å². The van der Waals surface area contributed by atoms with E-state index in [0.717, 1.165) is 10.9 Å². The average Bonchev–Trinajstić information content (AvgIpc) is 3.18. The van der Waals surface area contributed by atoms with Crippen LogP contribution in [-0.4, -0.2) is 28.6 Å². The summed E-state index contributed by atoms with van der Waals surface area (Å²) in [5.41, 5.74) is 1.48. The van der Waals surface area contributed by atoms with Gasteiger partial charge in [-0.15, -0.1) is 0 Å². The largest absolute Gasteiger partial charge is 0.326 e. The summed E-state index contributed by atoms with van der Waals surface area (Å²) in [6.07, 6.45) is 0.160. The number of carbonyl (C=O) groups excluding carboxylic acids is 2. The summed E-state index contributed by atoms with van der Waals surface area (Å²) in [6.45, 7) is 0.306. The molecular weight excluding hydrogens is 340 g/mol. The Bertz CT molecular complexity index is 968.